The zero-order valence-corrected chi connectivity index (χ0v) is 20.1. The highest BCUT2D eigenvalue weighted by Crippen LogP contribution is 2.29. The highest BCUT2D eigenvalue weighted by molar-refractivity contribution is 6.39. The first-order valence-corrected chi connectivity index (χ1v) is 10.9. The predicted octanol–water partition coefficient (Wildman–Crippen LogP) is 4.68. The van der Waals surface area contributed by atoms with Crippen molar-refractivity contribution in [2.45, 2.75) is 34.3 Å². The van der Waals surface area contributed by atoms with E-state index in [-0.39, 0.29) is 0 Å². The average molecular weight is 460 g/mol. The molecule has 7 heteroatoms. The van der Waals surface area contributed by atoms with Crippen molar-refractivity contribution in [3.63, 3.8) is 0 Å². The molecule has 34 heavy (non-hydrogen) atoms. The van der Waals surface area contributed by atoms with Crippen molar-refractivity contribution >= 4 is 23.2 Å². The van der Waals surface area contributed by atoms with E-state index < -0.39 is 11.8 Å². The number of benzene rings is 3. The molecule has 0 radical (unpaired) electrons. The molecule has 7 nitrogen and oxygen atoms in total. The molecule has 0 aliphatic rings. The summed E-state index contributed by atoms with van der Waals surface area (Å²) in [4.78, 5) is 24.6. The average Bonchev–Trinajstić information content (AvgIpc) is 2.83. The molecule has 0 fully saturated rings. The van der Waals surface area contributed by atoms with Gasteiger partial charge in [-0.25, -0.2) is 5.43 Å². The molecule has 176 valence electrons. The number of methoxy groups -OCH3 is 1. The number of hydrogen-bond acceptors (Lipinski definition) is 5. The monoisotopic (exact) mass is 459 g/mol. The van der Waals surface area contributed by atoms with Gasteiger partial charge in [-0.1, -0.05) is 42.5 Å². The number of rotatable bonds is 7. The minimum atomic E-state index is -0.854. The first kappa shape index (κ1) is 24.5. The molecule has 0 atom stereocenters. The van der Waals surface area contributed by atoms with Gasteiger partial charge in [0.15, 0.2) is 11.5 Å². The largest absolute Gasteiger partial charge is 0.493 e. The molecule has 0 saturated carbocycles. The summed E-state index contributed by atoms with van der Waals surface area (Å²) in [5.74, 6) is -0.502. The molecule has 0 unspecified atom stereocenters. The summed E-state index contributed by atoms with van der Waals surface area (Å²) in [6, 6.07) is 19.0. The van der Waals surface area contributed by atoms with Gasteiger partial charge in [0, 0.05) is 11.3 Å². The van der Waals surface area contributed by atoms with Crippen molar-refractivity contribution in [3.8, 4) is 11.5 Å². The van der Waals surface area contributed by atoms with Crippen LogP contribution in [0.4, 0.5) is 5.69 Å². The number of ether oxygens (including phenoxy) is 2. The molecular formula is C27H29N3O4. The van der Waals surface area contributed by atoms with E-state index in [9.17, 15) is 9.59 Å². The summed E-state index contributed by atoms with van der Waals surface area (Å²) in [6.07, 6.45) is 0. The molecule has 3 rings (SSSR count). The Hall–Kier alpha value is -4.13. The first-order chi connectivity index (χ1) is 16.3. The van der Waals surface area contributed by atoms with Crippen LogP contribution in [0.2, 0.25) is 0 Å². The minimum Gasteiger partial charge on any atom is -0.493 e. The lowest BCUT2D eigenvalue weighted by molar-refractivity contribution is -0.136. The fourth-order valence-corrected chi connectivity index (χ4v) is 3.37. The summed E-state index contributed by atoms with van der Waals surface area (Å²) in [6.45, 7) is 7.91. The summed E-state index contributed by atoms with van der Waals surface area (Å²) in [7, 11) is 1.56. The number of para-hydroxylation sites is 1. The molecule has 2 N–H and O–H groups in total. The van der Waals surface area contributed by atoms with Gasteiger partial charge in [0.1, 0.15) is 6.61 Å². The summed E-state index contributed by atoms with van der Waals surface area (Å²) in [5.41, 5.74) is 8.15. The van der Waals surface area contributed by atoms with Crippen molar-refractivity contribution in [1.29, 1.82) is 0 Å². The topological polar surface area (TPSA) is 89.0 Å². The van der Waals surface area contributed by atoms with Crippen LogP contribution < -0.4 is 20.2 Å². The maximum Gasteiger partial charge on any atom is 0.329 e. The van der Waals surface area contributed by atoms with E-state index in [2.05, 4.69) is 15.8 Å². The van der Waals surface area contributed by atoms with Gasteiger partial charge in [-0.2, -0.15) is 5.10 Å². The van der Waals surface area contributed by atoms with Crippen LogP contribution in [0, 0.1) is 20.8 Å². The van der Waals surface area contributed by atoms with Crippen LogP contribution in [0.25, 0.3) is 0 Å². The van der Waals surface area contributed by atoms with Crippen molar-refractivity contribution < 1.29 is 19.1 Å². The van der Waals surface area contributed by atoms with Crippen LogP contribution in [0.5, 0.6) is 11.5 Å². The number of nitrogens with one attached hydrogen (secondary N) is 2. The molecule has 0 aliphatic carbocycles. The van der Waals surface area contributed by atoms with Crippen molar-refractivity contribution in [1.82, 2.24) is 5.43 Å². The number of carbonyl (C=O) groups is 2. The molecule has 3 aromatic carbocycles. The summed E-state index contributed by atoms with van der Waals surface area (Å²) in [5, 5.41) is 6.71. The first-order valence-electron chi connectivity index (χ1n) is 10.9. The van der Waals surface area contributed by atoms with E-state index >= 15 is 0 Å². The van der Waals surface area contributed by atoms with Gasteiger partial charge in [-0.05, 0) is 68.1 Å². The Labute approximate surface area is 199 Å². The highest BCUT2D eigenvalue weighted by Gasteiger charge is 2.16. The Bertz CT molecular complexity index is 1210. The number of nitrogens with zero attached hydrogens (tertiary/aromatic N) is 1. The third kappa shape index (κ3) is 6.01. The van der Waals surface area contributed by atoms with E-state index in [0.29, 0.717) is 29.5 Å². The van der Waals surface area contributed by atoms with Crippen LogP contribution in [0.1, 0.15) is 34.7 Å². The molecule has 0 heterocycles. The van der Waals surface area contributed by atoms with Crippen LogP contribution in [-0.2, 0) is 16.2 Å². The lowest BCUT2D eigenvalue weighted by Crippen LogP contribution is -2.33. The second-order valence-electron chi connectivity index (χ2n) is 7.94. The molecule has 3 aromatic rings. The van der Waals surface area contributed by atoms with Gasteiger partial charge in [-0.15, -0.1) is 0 Å². The molecular weight excluding hydrogens is 430 g/mol. The lowest BCUT2D eigenvalue weighted by atomic mass is 10.1. The van der Waals surface area contributed by atoms with E-state index in [0.717, 1.165) is 27.8 Å². The Morgan fingerprint density at radius 2 is 1.53 bits per heavy atom. The Morgan fingerprint density at radius 3 is 2.21 bits per heavy atom. The van der Waals surface area contributed by atoms with Crippen molar-refractivity contribution in [2.24, 2.45) is 5.10 Å². The number of amides is 2. The molecule has 0 bridgehead atoms. The third-order valence-electron chi connectivity index (χ3n) is 5.48. The van der Waals surface area contributed by atoms with E-state index in [1.165, 1.54) is 0 Å². The number of aryl methyl sites for hydroxylation is 3. The fraction of sp³-hybridized carbons (Fsp3) is 0.222. The zero-order valence-electron chi connectivity index (χ0n) is 20.1. The van der Waals surface area contributed by atoms with Crippen LogP contribution in [-0.4, -0.2) is 24.6 Å². The van der Waals surface area contributed by atoms with Crippen molar-refractivity contribution in [2.75, 3.05) is 12.4 Å². The predicted molar refractivity (Wildman–Crippen MR) is 133 cm³/mol. The van der Waals surface area contributed by atoms with Gasteiger partial charge in [0.25, 0.3) is 0 Å². The van der Waals surface area contributed by atoms with E-state index in [1.54, 1.807) is 26.2 Å². The van der Waals surface area contributed by atoms with E-state index in [1.807, 2.05) is 69.3 Å². The molecule has 2 amide bonds. The van der Waals surface area contributed by atoms with Crippen LogP contribution in [0.15, 0.2) is 65.8 Å². The van der Waals surface area contributed by atoms with Gasteiger partial charge < -0.3 is 14.8 Å². The SMILES string of the molecule is COc1cc(/C(C)=N/NC(=O)C(=O)Nc2c(C)cccc2C)ccc1OCc1ccccc1C. The summed E-state index contributed by atoms with van der Waals surface area (Å²) < 4.78 is 11.4. The van der Waals surface area contributed by atoms with Gasteiger partial charge in [-0.3, -0.25) is 9.59 Å². The highest BCUT2D eigenvalue weighted by atomic mass is 16.5. The number of hydrazone groups is 1. The number of anilines is 1. The van der Waals surface area contributed by atoms with E-state index in [4.69, 9.17) is 9.47 Å². The molecule has 0 aliphatic heterocycles. The smallest absolute Gasteiger partial charge is 0.329 e. The van der Waals surface area contributed by atoms with Crippen LogP contribution >= 0.6 is 0 Å². The standard InChI is InChI=1S/C27H29N3O4/c1-17-9-6-7-12-22(17)16-34-23-14-13-21(15-24(23)33-5)20(4)29-30-27(32)26(31)28-25-18(2)10-8-11-19(25)3/h6-15H,16H2,1-5H3,(H,28,31)(H,30,32)/b29-20+. The Balaban J connectivity index is 1.65. The minimum absolute atomic E-state index is 0.418. The van der Waals surface area contributed by atoms with Crippen LogP contribution in [0.3, 0.4) is 0 Å². The molecule has 0 spiro atoms. The molecule has 0 aromatic heterocycles. The lowest BCUT2D eigenvalue weighted by Gasteiger charge is -2.13. The third-order valence-corrected chi connectivity index (χ3v) is 5.48. The van der Waals surface area contributed by atoms with Gasteiger partial charge >= 0.3 is 11.8 Å². The normalized spacial score (nSPS) is 11.0. The Morgan fingerprint density at radius 1 is 0.853 bits per heavy atom. The number of carbonyl (C=O) groups excluding carboxylic acids is 2. The maximum atomic E-state index is 12.3. The number of hydrogen-bond donors (Lipinski definition) is 2. The zero-order chi connectivity index (χ0) is 24.7. The van der Waals surface area contributed by atoms with Crippen molar-refractivity contribution in [3.05, 3.63) is 88.5 Å². The second-order valence-corrected chi connectivity index (χ2v) is 7.94. The van der Waals surface area contributed by atoms with Gasteiger partial charge in [0.2, 0.25) is 0 Å². The quantitative estimate of drug-likeness (QED) is 0.305. The Kier molecular flexibility index (Phi) is 8.03. The van der Waals surface area contributed by atoms with Gasteiger partial charge in [0.05, 0.1) is 12.8 Å². The fourth-order valence-electron chi connectivity index (χ4n) is 3.37. The second kappa shape index (κ2) is 11.1. The summed E-state index contributed by atoms with van der Waals surface area (Å²) >= 11 is 0. The molecule has 0 saturated heterocycles. The maximum absolute atomic E-state index is 12.3.